The zero-order valence-electron chi connectivity index (χ0n) is 11.3. The summed E-state index contributed by atoms with van der Waals surface area (Å²) in [6, 6.07) is 4.26. The fraction of sp³-hybridized carbons (Fsp3) is 0.571. The topological polar surface area (TPSA) is 15.7 Å². The summed E-state index contributed by atoms with van der Waals surface area (Å²) < 4.78 is 6.54. The van der Waals surface area contributed by atoms with E-state index in [2.05, 4.69) is 58.9 Å². The number of fused-ring (bicyclic) bond motifs is 3. The molecule has 3 nitrogen and oxygen atoms in total. The molecule has 0 saturated carbocycles. The maximum atomic E-state index is 5.41. The van der Waals surface area contributed by atoms with Crippen LogP contribution in [0.3, 0.4) is 0 Å². The Kier molecular flexibility index (Phi) is 2.65. The van der Waals surface area contributed by atoms with E-state index < -0.39 is 0 Å². The zero-order chi connectivity index (χ0) is 13.1. The number of hydrogen-bond acceptors (Lipinski definition) is 3. The lowest BCUT2D eigenvalue weighted by molar-refractivity contribution is 0.268. The Morgan fingerprint density at radius 2 is 2.11 bits per heavy atom. The Bertz CT molecular complexity index is 505. The van der Waals surface area contributed by atoms with Gasteiger partial charge in [-0.25, -0.2) is 0 Å². The Morgan fingerprint density at radius 1 is 1.39 bits per heavy atom. The lowest BCUT2D eigenvalue weighted by Gasteiger charge is -2.32. The van der Waals surface area contributed by atoms with E-state index in [0.717, 1.165) is 16.8 Å². The van der Waals surface area contributed by atoms with Gasteiger partial charge in [0.25, 0.3) is 0 Å². The average Bonchev–Trinajstić information content (AvgIpc) is 2.75. The molecular formula is C14H19BrN2O. The van der Waals surface area contributed by atoms with Gasteiger partial charge < -0.3 is 9.64 Å². The van der Waals surface area contributed by atoms with Crippen LogP contribution in [0, 0.1) is 0 Å². The molecule has 0 spiro atoms. The van der Waals surface area contributed by atoms with Gasteiger partial charge in [0.05, 0.1) is 19.0 Å². The molecule has 18 heavy (non-hydrogen) atoms. The minimum atomic E-state index is 0.204. The number of likely N-dealkylation sites (tertiary alicyclic amines) is 1. The largest absolute Gasteiger partial charge is 0.497 e. The molecule has 0 N–H and O–H groups in total. The molecular weight excluding hydrogens is 292 g/mol. The van der Waals surface area contributed by atoms with Gasteiger partial charge in [-0.15, -0.1) is 0 Å². The summed E-state index contributed by atoms with van der Waals surface area (Å²) in [6.07, 6.45) is 1.65. The summed E-state index contributed by atoms with van der Waals surface area (Å²) in [4.78, 5) is 4.84. The molecule has 3 rings (SSSR count). The van der Waals surface area contributed by atoms with E-state index >= 15 is 0 Å². The molecule has 1 aromatic carbocycles. The van der Waals surface area contributed by atoms with Crippen molar-refractivity contribution in [1.82, 2.24) is 4.90 Å². The highest BCUT2D eigenvalue weighted by molar-refractivity contribution is 9.10. The van der Waals surface area contributed by atoms with E-state index in [9.17, 15) is 0 Å². The lowest BCUT2D eigenvalue weighted by atomic mass is 9.81. The van der Waals surface area contributed by atoms with Crippen molar-refractivity contribution in [2.45, 2.75) is 24.9 Å². The highest BCUT2D eigenvalue weighted by Gasteiger charge is 2.52. The van der Waals surface area contributed by atoms with Crippen molar-refractivity contribution in [3.63, 3.8) is 0 Å². The smallest absolute Gasteiger partial charge is 0.120 e. The summed E-state index contributed by atoms with van der Waals surface area (Å²) in [5.74, 6) is 0.936. The van der Waals surface area contributed by atoms with Crippen molar-refractivity contribution in [2.24, 2.45) is 0 Å². The summed E-state index contributed by atoms with van der Waals surface area (Å²) in [5.41, 5.74) is 2.93. The molecule has 2 aliphatic rings. The minimum Gasteiger partial charge on any atom is -0.497 e. The first-order valence-electron chi connectivity index (χ1n) is 6.30. The molecule has 0 unspecified atom stereocenters. The van der Waals surface area contributed by atoms with Crippen LogP contribution in [0.5, 0.6) is 5.75 Å². The van der Waals surface area contributed by atoms with Gasteiger partial charge >= 0.3 is 0 Å². The SMILES string of the molecule is COc1cc(Br)c2c(c1)[C@]1(C)CCN(C)[C@@H]1N2C. The molecule has 2 heterocycles. The molecule has 4 heteroatoms. The fourth-order valence-electron chi connectivity index (χ4n) is 3.75. The predicted octanol–water partition coefficient (Wildman–Crippen LogP) is 2.83. The second kappa shape index (κ2) is 3.87. The van der Waals surface area contributed by atoms with Gasteiger partial charge in [-0.05, 0) is 47.1 Å². The summed E-state index contributed by atoms with van der Waals surface area (Å²) in [7, 11) is 6.13. The normalized spacial score (nSPS) is 30.5. The van der Waals surface area contributed by atoms with Gasteiger partial charge in [0.2, 0.25) is 0 Å². The molecule has 1 fully saturated rings. The number of halogens is 1. The highest BCUT2D eigenvalue weighted by atomic mass is 79.9. The molecule has 0 aromatic heterocycles. The molecule has 2 atom stereocenters. The molecule has 0 bridgehead atoms. The lowest BCUT2D eigenvalue weighted by Crippen LogP contribution is -2.45. The predicted molar refractivity (Wildman–Crippen MR) is 77.5 cm³/mol. The number of likely N-dealkylation sites (N-methyl/N-ethyl adjacent to an activating group) is 2. The van der Waals surface area contributed by atoms with Crippen LogP contribution < -0.4 is 9.64 Å². The van der Waals surface area contributed by atoms with Crippen LogP contribution in [0.2, 0.25) is 0 Å². The van der Waals surface area contributed by atoms with E-state index in [1.54, 1.807) is 7.11 Å². The van der Waals surface area contributed by atoms with E-state index in [-0.39, 0.29) is 5.41 Å². The molecule has 0 radical (unpaired) electrons. The second-order valence-corrected chi connectivity index (χ2v) is 6.49. The fourth-order valence-corrected chi connectivity index (χ4v) is 4.47. The van der Waals surface area contributed by atoms with Crippen LogP contribution in [0.15, 0.2) is 16.6 Å². The van der Waals surface area contributed by atoms with E-state index in [1.807, 2.05) is 0 Å². The standard InChI is InChI=1S/C14H19BrN2O/c1-14-5-6-16(2)13(14)17(3)12-10(14)7-9(18-4)8-11(12)15/h7-8,13H,5-6H2,1-4H3/t13-,14+/m1/s1. The van der Waals surface area contributed by atoms with Crippen molar-refractivity contribution in [2.75, 3.05) is 32.6 Å². The monoisotopic (exact) mass is 310 g/mol. The van der Waals surface area contributed by atoms with Crippen LogP contribution in [-0.4, -0.2) is 38.8 Å². The van der Waals surface area contributed by atoms with Crippen LogP contribution in [0.1, 0.15) is 18.9 Å². The maximum absolute atomic E-state index is 5.41. The minimum absolute atomic E-state index is 0.204. The first-order valence-corrected chi connectivity index (χ1v) is 7.09. The van der Waals surface area contributed by atoms with Gasteiger partial charge in [0.15, 0.2) is 0 Å². The summed E-state index contributed by atoms with van der Waals surface area (Å²) in [5, 5.41) is 0. The van der Waals surface area contributed by atoms with Crippen molar-refractivity contribution >= 4 is 21.6 Å². The third-order valence-corrected chi connectivity index (χ3v) is 5.18. The van der Waals surface area contributed by atoms with Crippen LogP contribution in [0.25, 0.3) is 0 Å². The molecule has 1 aromatic rings. The number of benzene rings is 1. The third kappa shape index (κ3) is 1.39. The molecule has 2 aliphatic heterocycles. The summed E-state index contributed by atoms with van der Waals surface area (Å²) >= 11 is 3.69. The number of methoxy groups -OCH3 is 1. The van der Waals surface area contributed by atoms with Crippen LogP contribution in [-0.2, 0) is 5.41 Å². The molecule has 0 aliphatic carbocycles. The molecule has 1 saturated heterocycles. The Hall–Kier alpha value is -0.740. The van der Waals surface area contributed by atoms with E-state index in [0.29, 0.717) is 6.17 Å². The molecule has 0 amide bonds. The van der Waals surface area contributed by atoms with E-state index in [4.69, 9.17) is 4.74 Å². The molecule has 98 valence electrons. The Labute approximate surface area is 117 Å². The van der Waals surface area contributed by atoms with Gasteiger partial charge in [0.1, 0.15) is 5.75 Å². The Balaban J connectivity index is 2.22. The maximum Gasteiger partial charge on any atom is 0.120 e. The second-order valence-electron chi connectivity index (χ2n) is 5.64. The van der Waals surface area contributed by atoms with Crippen molar-refractivity contribution in [3.8, 4) is 5.75 Å². The number of anilines is 1. The van der Waals surface area contributed by atoms with Gasteiger partial charge in [0, 0.05) is 23.5 Å². The van der Waals surface area contributed by atoms with Gasteiger partial charge in [-0.3, -0.25) is 4.90 Å². The first kappa shape index (κ1) is 12.3. The van der Waals surface area contributed by atoms with Crippen LogP contribution in [0.4, 0.5) is 5.69 Å². The third-order valence-electron chi connectivity index (χ3n) is 4.58. The van der Waals surface area contributed by atoms with Gasteiger partial charge in [-0.1, -0.05) is 6.92 Å². The van der Waals surface area contributed by atoms with E-state index in [1.165, 1.54) is 17.7 Å². The number of nitrogens with zero attached hydrogens (tertiary/aromatic N) is 2. The van der Waals surface area contributed by atoms with Crippen molar-refractivity contribution in [1.29, 1.82) is 0 Å². The van der Waals surface area contributed by atoms with Crippen molar-refractivity contribution in [3.05, 3.63) is 22.2 Å². The quantitative estimate of drug-likeness (QED) is 0.793. The Morgan fingerprint density at radius 3 is 2.78 bits per heavy atom. The van der Waals surface area contributed by atoms with Gasteiger partial charge in [-0.2, -0.15) is 0 Å². The number of rotatable bonds is 1. The number of hydrogen-bond donors (Lipinski definition) is 0. The highest BCUT2D eigenvalue weighted by Crippen LogP contribution is 2.54. The average molecular weight is 311 g/mol. The number of ether oxygens (including phenoxy) is 1. The van der Waals surface area contributed by atoms with Crippen LogP contribution >= 0.6 is 15.9 Å². The van der Waals surface area contributed by atoms with Crippen molar-refractivity contribution < 1.29 is 4.74 Å². The first-order chi connectivity index (χ1) is 8.49. The summed E-state index contributed by atoms with van der Waals surface area (Å²) in [6.45, 7) is 3.52. The zero-order valence-corrected chi connectivity index (χ0v) is 12.9.